The third kappa shape index (κ3) is 3.29. The van der Waals surface area contributed by atoms with Crippen molar-refractivity contribution in [3.63, 3.8) is 0 Å². The number of amides is 2. The van der Waals surface area contributed by atoms with Gasteiger partial charge >= 0.3 is 0 Å². The van der Waals surface area contributed by atoms with Gasteiger partial charge in [0.25, 0.3) is 5.91 Å². The van der Waals surface area contributed by atoms with Gasteiger partial charge in [0.15, 0.2) is 0 Å². The predicted molar refractivity (Wildman–Crippen MR) is 90.4 cm³/mol. The average molecular weight is 341 g/mol. The van der Waals surface area contributed by atoms with Gasteiger partial charge in [0.1, 0.15) is 18.1 Å². The first-order chi connectivity index (χ1) is 12.1. The molecule has 1 aliphatic carbocycles. The van der Waals surface area contributed by atoms with Gasteiger partial charge in [0.05, 0.1) is 0 Å². The Hall–Kier alpha value is -2.63. The second kappa shape index (κ2) is 6.35. The Morgan fingerprint density at radius 1 is 1.12 bits per heavy atom. The van der Waals surface area contributed by atoms with E-state index in [-0.39, 0.29) is 24.2 Å². The topological polar surface area (TPSA) is 45.6 Å². The normalized spacial score (nSPS) is 17.9. The fourth-order valence-corrected chi connectivity index (χ4v) is 3.27. The second-order valence-corrected chi connectivity index (χ2v) is 6.70. The summed E-state index contributed by atoms with van der Waals surface area (Å²) in [6.45, 7) is 1.54. The maximum absolute atomic E-state index is 13.0. The maximum atomic E-state index is 13.0. The molecule has 2 aromatic rings. The van der Waals surface area contributed by atoms with Crippen LogP contribution in [0.25, 0.3) is 0 Å². The van der Waals surface area contributed by atoms with Gasteiger partial charge in [-0.2, -0.15) is 0 Å². The van der Waals surface area contributed by atoms with Gasteiger partial charge in [-0.25, -0.2) is 4.39 Å². The minimum Gasteiger partial charge on any atom is -0.340 e. The van der Waals surface area contributed by atoms with Crippen molar-refractivity contribution in [1.82, 2.24) is 14.4 Å². The third-order valence-electron chi connectivity index (χ3n) is 4.83. The van der Waals surface area contributed by atoms with E-state index < -0.39 is 0 Å². The highest BCUT2D eigenvalue weighted by Gasteiger charge is 2.32. The molecule has 2 aliphatic rings. The molecule has 4 rings (SSSR count). The van der Waals surface area contributed by atoms with Crippen molar-refractivity contribution in [2.45, 2.75) is 25.4 Å². The fourth-order valence-electron chi connectivity index (χ4n) is 3.27. The number of benzene rings is 1. The van der Waals surface area contributed by atoms with Gasteiger partial charge in [-0.15, -0.1) is 0 Å². The molecular weight excluding hydrogens is 321 g/mol. The summed E-state index contributed by atoms with van der Waals surface area (Å²) in [4.78, 5) is 28.5. The summed E-state index contributed by atoms with van der Waals surface area (Å²) in [7, 11) is 0. The summed E-state index contributed by atoms with van der Waals surface area (Å²) >= 11 is 0. The first-order valence-corrected chi connectivity index (χ1v) is 8.60. The lowest BCUT2D eigenvalue weighted by atomic mass is 10.2. The van der Waals surface area contributed by atoms with Crippen LogP contribution in [0.3, 0.4) is 0 Å². The van der Waals surface area contributed by atoms with E-state index in [1.165, 1.54) is 12.1 Å². The van der Waals surface area contributed by atoms with E-state index in [4.69, 9.17) is 0 Å². The monoisotopic (exact) mass is 341 g/mol. The zero-order valence-electron chi connectivity index (χ0n) is 13.9. The van der Waals surface area contributed by atoms with Crippen molar-refractivity contribution < 1.29 is 14.0 Å². The summed E-state index contributed by atoms with van der Waals surface area (Å²) in [5, 5.41) is 0. The maximum Gasteiger partial charge on any atom is 0.271 e. The van der Waals surface area contributed by atoms with Crippen LogP contribution in [0.15, 0.2) is 42.6 Å². The van der Waals surface area contributed by atoms with E-state index in [0.29, 0.717) is 31.4 Å². The Labute approximate surface area is 145 Å². The Bertz CT molecular complexity index is 795. The van der Waals surface area contributed by atoms with Gasteiger partial charge in [-0.1, -0.05) is 12.1 Å². The molecule has 1 aromatic heterocycles. The highest BCUT2D eigenvalue weighted by atomic mass is 19.1. The van der Waals surface area contributed by atoms with Gasteiger partial charge in [0, 0.05) is 31.9 Å². The SMILES string of the molecule is O=C1CN(C(=O)c2cccn2C2CC2)CCN1Cc1ccc(F)cc1. The average Bonchev–Trinajstić information content (AvgIpc) is 3.34. The van der Waals surface area contributed by atoms with Crippen LogP contribution < -0.4 is 0 Å². The van der Waals surface area contributed by atoms with Gasteiger partial charge in [-0.3, -0.25) is 9.59 Å². The number of rotatable bonds is 4. The van der Waals surface area contributed by atoms with Crippen LogP contribution in [0.5, 0.6) is 0 Å². The van der Waals surface area contributed by atoms with Crippen molar-refractivity contribution >= 4 is 11.8 Å². The van der Waals surface area contributed by atoms with Crippen LogP contribution in [-0.4, -0.2) is 45.8 Å². The quantitative estimate of drug-likeness (QED) is 0.857. The van der Waals surface area contributed by atoms with Crippen molar-refractivity contribution in [2.24, 2.45) is 0 Å². The molecule has 2 amide bonds. The number of carbonyl (C=O) groups is 2. The lowest BCUT2D eigenvalue weighted by Gasteiger charge is -2.34. The fraction of sp³-hybridized carbons (Fsp3) is 0.368. The molecule has 0 N–H and O–H groups in total. The molecule has 25 heavy (non-hydrogen) atoms. The van der Waals surface area contributed by atoms with E-state index in [1.807, 2.05) is 22.9 Å². The van der Waals surface area contributed by atoms with E-state index >= 15 is 0 Å². The second-order valence-electron chi connectivity index (χ2n) is 6.70. The standard InChI is InChI=1S/C19H20FN3O2/c20-15-5-3-14(4-6-15)12-21-10-11-22(13-18(21)24)19(25)17-2-1-9-23(17)16-7-8-16/h1-6,9,16H,7-8,10-13H2. The molecule has 6 heteroatoms. The summed E-state index contributed by atoms with van der Waals surface area (Å²) in [5.41, 5.74) is 1.56. The number of nitrogens with zero attached hydrogens (tertiary/aromatic N) is 3. The molecule has 0 spiro atoms. The van der Waals surface area contributed by atoms with Crippen LogP contribution in [0, 0.1) is 5.82 Å². The van der Waals surface area contributed by atoms with Gasteiger partial charge < -0.3 is 14.4 Å². The molecular formula is C19H20FN3O2. The largest absolute Gasteiger partial charge is 0.340 e. The zero-order valence-corrected chi connectivity index (χ0v) is 13.9. The molecule has 0 bridgehead atoms. The summed E-state index contributed by atoms with van der Waals surface area (Å²) < 4.78 is 15.0. The molecule has 2 heterocycles. The Morgan fingerprint density at radius 2 is 1.88 bits per heavy atom. The highest BCUT2D eigenvalue weighted by molar-refractivity contribution is 5.96. The minimum atomic E-state index is -0.288. The van der Waals surface area contributed by atoms with E-state index in [9.17, 15) is 14.0 Å². The minimum absolute atomic E-state index is 0.0755. The first-order valence-electron chi connectivity index (χ1n) is 8.60. The van der Waals surface area contributed by atoms with Gasteiger partial charge in [-0.05, 0) is 42.7 Å². The predicted octanol–water partition coefficient (Wildman–Crippen LogP) is 2.45. The van der Waals surface area contributed by atoms with Crippen molar-refractivity contribution in [3.8, 4) is 0 Å². The van der Waals surface area contributed by atoms with Crippen LogP contribution in [0.1, 0.15) is 34.9 Å². The van der Waals surface area contributed by atoms with E-state index in [0.717, 1.165) is 18.4 Å². The molecule has 1 aliphatic heterocycles. The van der Waals surface area contributed by atoms with Gasteiger partial charge in [0.2, 0.25) is 5.91 Å². The zero-order chi connectivity index (χ0) is 17.4. The van der Waals surface area contributed by atoms with Crippen LogP contribution in [0.4, 0.5) is 4.39 Å². The van der Waals surface area contributed by atoms with Crippen LogP contribution in [0.2, 0.25) is 0 Å². The van der Waals surface area contributed by atoms with Crippen molar-refractivity contribution in [1.29, 1.82) is 0 Å². The van der Waals surface area contributed by atoms with E-state index in [1.54, 1.807) is 21.9 Å². The number of hydrogen-bond donors (Lipinski definition) is 0. The lowest BCUT2D eigenvalue weighted by Crippen LogP contribution is -2.52. The van der Waals surface area contributed by atoms with E-state index in [2.05, 4.69) is 0 Å². The number of piperazine rings is 1. The Morgan fingerprint density at radius 3 is 2.56 bits per heavy atom. The smallest absolute Gasteiger partial charge is 0.271 e. The molecule has 5 nitrogen and oxygen atoms in total. The molecule has 1 saturated heterocycles. The number of halogens is 1. The summed E-state index contributed by atoms with van der Waals surface area (Å²) in [6, 6.07) is 10.3. The summed E-state index contributed by atoms with van der Waals surface area (Å²) in [6.07, 6.45) is 4.16. The summed E-state index contributed by atoms with van der Waals surface area (Å²) in [5.74, 6) is -0.440. The van der Waals surface area contributed by atoms with Crippen LogP contribution in [-0.2, 0) is 11.3 Å². The number of aromatic nitrogens is 1. The molecule has 0 atom stereocenters. The third-order valence-corrected chi connectivity index (χ3v) is 4.83. The lowest BCUT2D eigenvalue weighted by molar-refractivity contribution is -0.135. The first kappa shape index (κ1) is 15.9. The molecule has 0 radical (unpaired) electrons. The number of carbonyl (C=O) groups excluding carboxylic acids is 2. The van der Waals surface area contributed by atoms with Crippen molar-refractivity contribution in [3.05, 3.63) is 59.7 Å². The molecule has 0 unspecified atom stereocenters. The Kier molecular flexibility index (Phi) is 4.03. The van der Waals surface area contributed by atoms with Crippen LogP contribution >= 0.6 is 0 Å². The number of hydrogen-bond acceptors (Lipinski definition) is 2. The molecule has 1 aromatic carbocycles. The molecule has 130 valence electrons. The molecule has 1 saturated carbocycles. The Balaban J connectivity index is 1.40. The molecule has 2 fully saturated rings. The highest BCUT2D eigenvalue weighted by Crippen LogP contribution is 2.36. The van der Waals surface area contributed by atoms with Crippen molar-refractivity contribution in [2.75, 3.05) is 19.6 Å².